The zero-order valence-corrected chi connectivity index (χ0v) is 15.2. The maximum absolute atomic E-state index is 4.93. The average Bonchev–Trinajstić information content (AvgIpc) is 2.72. The van der Waals surface area contributed by atoms with Crippen molar-refractivity contribution in [2.75, 3.05) is 6.54 Å². The summed E-state index contributed by atoms with van der Waals surface area (Å²) in [6.07, 6.45) is 13.8. The molecular weight excluding hydrogens is 256 g/mol. The second-order valence-electron chi connectivity index (χ2n) is 7.64. The highest BCUT2D eigenvalue weighted by atomic mass is 15.3. The average molecular weight is 295 g/mol. The quantitative estimate of drug-likeness (QED) is 0.439. The van der Waals surface area contributed by atoms with Crippen molar-refractivity contribution >= 4 is 5.84 Å². The third-order valence-corrected chi connectivity index (χ3v) is 4.45. The van der Waals surface area contributed by atoms with Gasteiger partial charge in [0.25, 0.3) is 0 Å². The van der Waals surface area contributed by atoms with Crippen LogP contribution in [0.5, 0.6) is 0 Å². The van der Waals surface area contributed by atoms with Crippen molar-refractivity contribution in [2.45, 2.75) is 110 Å². The molecule has 0 unspecified atom stereocenters. The first-order valence-electron chi connectivity index (χ1n) is 9.31. The van der Waals surface area contributed by atoms with Crippen molar-refractivity contribution in [3.05, 3.63) is 0 Å². The first-order chi connectivity index (χ1) is 9.96. The summed E-state index contributed by atoms with van der Waals surface area (Å²) in [5, 5.41) is 0. The minimum absolute atomic E-state index is 0.124. The Balaban J connectivity index is 2.11. The predicted molar refractivity (Wildman–Crippen MR) is 95.2 cm³/mol. The van der Waals surface area contributed by atoms with Gasteiger partial charge in [-0.1, -0.05) is 58.3 Å². The monoisotopic (exact) mass is 294 g/mol. The Morgan fingerprint density at radius 1 is 0.952 bits per heavy atom. The lowest BCUT2D eigenvalue weighted by Crippen LogP contribution is -2.37. The van der Waals surface area contributed by atoms with Crippen LogP contribution in [-0.2, 0) is 0 Å². The molecule has 0 atom stereocenters. The Bertz CT molecular complexity index is 305. The molecule has 2 nitrogen and oxygen atoms in total. The van der Waals surface area contributed by atoms with Crippen LogP contribution in [0.25, 0.3) is 0 Å². The predicted octanol–water partition coefficient (Wildman–Crippen LogP) is 5.81. The van der Waals surface area contributed by atoms with Crippen LogP contribution in [0, 0.1) is 0 Å². The van der Waals surface area contributed by atoms with Gasteiger partial charge in [0.05, 0.1) is 11.4 Å². The zero-order chi connectivity index (χ0) is 15.7. The van der Waals surface area contributed by atoms with Gasteiger partial charge < -0.3 is 4.90 Å². The van der Waals surface area contributed by atoms with E-state index in [-0.39, 0.29) is 5.54 Å². The van der Waals surface area contributed by atoms with Crippen molar-refractivity contribution in [3.8, 4) is 0 Å². The van der Waals surface area contributed by atoms with Gasteiger partial charge in [-0.3, -0.25) is 4.99 Å². The number of aliphatic imine (C=N–C) groups is 1. The molecule has 1 aliphatic rings. The fourth-order valence-electron chi connectivity index (χ4n) is 3.23. The Labute approximate surface area is 133 Å². The highest BCUT2D eigenvalue weighted by Gasteiger charge is 2.31. The maximum Gasteiger partial charge on any atom is 0.0999 e. The largest absolute Gasteiger partial charge is 0.356 e. The minimum atomic E-state index is 0.124. The Hall–Kier alpha value is -0.530. The van der Waals surface area contributed by atoms with Crippen LogP contribution in [0.4, 0.5) is 0 Å². The standard InChI is InChI=1S/C19H38N2/c1-6-7-8-9-10-11-12-13-14-15-18-20-19(4,5)16-21(18)17(2)3/h17H,6-16H2,1-5H3. The smallest absolute Gasteiger partial charge is 0.0999 e. The Kier molecular flexibility index (Phi) is 8.36. The normalized spacial score (nSPS) is 17.6. The molecule has 0 saturated carbocycles. The Morgan fingerprint density at radius 2 is 1.48 bits per heavy atom. The molecule has 1 heterocycles. The number of amidine groups is 1. The summed E-state index contributed by atoms with van der Waals surface area (Å²) in [5.74, 6) is 1.36. The molecule has 0 aromatic heterocycles. The van der Waals surface area contributed by atoms with Gasteiger partial charge in [-0.2, -0.15) is 0 Å². The molecule has 0 spiro atoms. The van der Waals surface area contributed by atoms with E-state index in [4.69, 9.17) is 4.99 Å². The van der Waals surface area contributed by atoms with Crippen LogP contribution in [-0.4, -0.2) is 28.9 Å². The van der Waals surface area contributed by atoms with E-state index in [1.165, 1.54) is 70.0 Å². The molecule has 1 rings (SSSR count). The van der Waals surface area contributed by atoms with Gasteiger partial charge in [-0.25, -0.2) is 0 Å². The van der Waals surface area contributed by atoms with E-state index in [9.17, 15) is 0 Å². The molecule has 0 aromatic rings. The lowest BCUT2D eigenvalue weighted by Gasteiger charge is -2.26. The second-order valence-corrected chi connectivity index (χ2v) is 7.64. The molecule has 0 amide bonds. The fraction of sp³-hybridized carbons (Fsp3) is 0.947. The molecule has 0 aliphatic carbocycles. The fourth-order valence-corrected chi connectivity index (χ4v) is 3.23. The van der Waals surface area contributed by atoms with Crippen molar-refractivity contribution in [2.24, 2.45) is 4.99 Å². The van der Waals surface area contributed by atoms with E-state index in [2.05, 4.69) is 39.5 Å². The second kappa shape index (κ2) is 9.48. The summed E-state index contributed by atoms with van der Waals surface area (Å²) in [6, 6.07) is 0.587. The van der Waals surface area contributed by atoms with Gasteiger partial charge in [0.1, 0.15) is 0 Å². The minimum Gasteiger partial charge on any atom is -0.356 e. The van der Waals surface area contributed by atoms with Crippen molar-refractivity contribution < 1.29 is 0 Å². The van der Waals surface area contributed by atoms with Gasteiger partial charge in [0, 0.05) is 19.0 Å². The summed E-state index contributed by atoms with van der Waals surface area (Å²) in [4.78, 5) is 7.44. The summed E-state index contributed by atoms with van der Waals surface area (Å²) in [5.41, 5.74) is 0.124. The first kappa shape index (κ1) is 18.5. The van der Waals surface area contributed by atoms with E-state index in [0.29, 0.717) is 6.04 Å². The van der Waals surface area contributed by atoms with E-state index in [0.717, 1.165) is 6.54 Å². The molecule has 2 heteroatoms. The molecular formula is C19H38N2. The molecule has 0 saturated heterocycles. The molecule has 0 N–H and O–H groups in total. The van der Waals surface area contributed by atoms with Gasteiger partial charge in [-0.15, -0.1) is 0 Å². The Morgan fingerprint density at radius 3 is 2.00 bits per heavy atom. The van der Waals surface area contributed by atoms with Gasteiger partial charge in [0.2, 0.25) is 0 Å². The van der Waals surface area contributed by atoms with E-state index in [1.807, 2.05) is 0 Å². The number of nitrogens with zero attached hydrogens (tertiary/aromatic N) is 2. The molecule has 1 aliphatic heterocycles. The number of hydrogen-bond acceptors (Lipinski definition) is 2. The maximum atomic E-state index is 4.93. The molecule has 0 bridgehead atoms. The van der Waals surface area contributed by atoms with Crippen LogP contribution >= 0.6 is 0 Å². The SMILES string of the molecule is CCCCCCCCCCCC1=NC(C)(C)CN1C(C)C. The lowest BCUT2D eigenvalue weighted by atomic mass is 10.1. The summed E-state index contributed by atoms with van der Waals surface area (Å²) >= 11 is 0. The van der Waals surface area contributed by atoms with Crippen LogP contribution in [0.1, 0.15) is 98.8 Å². The van der Waals surface area contributed by atoms with Crippen molar-refractivity contribution in [1.29, 1.82) is 0 Å². The van der Waals surface area contributed by atoms with Gasteiger partial charge >= 0.3 is 0 Å². The number of unbranched alkanes of at least 4 members (excludes halogenated alkanes) is 8. The molecule has 0 fully saturated rings. The number of hydrogen-bond donors (Lipinski definition) is 0. The van der Waals surface area contributed by atoms with Gasteiger partial charge in [-0.05, 0) is 34.1 Å². The van der Waals surface area contributed by atoms with Gasteiger partial charge in [0.15, 0.2) is 0 Å². The lowest BCUT2D eigenvalue weighted by molar-refractivity contribution is 0.320. The zero-order valence-electron chi connectivity index (χ0n) is 15.2. The first-order valence-corrected chi connectivity index (χ1v) is 9.31. The third-order valence-electron chi connectivity index (χ3n) is 4.45. The van der Waals surface area contributed by atoms with E-state index >= 15 is 0 Å². The molecule has 124 valence electrons. The van der Waals surface area contributed by atoms with Crippen molar-refractivity contribution in [1.82, 2.24) is 4.90 Å². The van der Waals surface area contributed by atoms with Crippen molar-refractivity contribution in [3.63, 3.8) is 0 Å². The molecule has 0 radical (unpaired) electrons. The van der Waals surface area contributed by atoms with Crippen LogP contribution in [0.3, 0.4) is 0 Å². The molecule has 21 heavy (non-hydrogen) atoms. The van der Waals surface area contributed by atoms with E-state index in [1.54, 1.807) is 0 Å². The third kappa shape index (κ3) is 7.33. The molecule has 0 aromatic carbocycles. The topological polar surface area (TPSA) is 15.6 Å². The number of rotatable bonds is 11. The summed E-state index contributed by atoms with van der Waals surface area (Å²) < 4.78 is 0. The van der Waals surface area contributed by atoms with Crippen LogP contribution < -0.4 is 0 Å². The van der Waals surface area contributed by atoms with E-state index < -0.39 is 0 Å². The summed E-state index contributed by atoms with van der Waals surface area (Å²) in [6.45, 7) is 12.5. The highest BCUT2D eigenvalue weighted by Crippen LogP contribution is 2.24. The van der Waals surface area contributed by atoms with Crippen LogP contribution in [0.2, 0.25) is 0 Å². The highest BCUT2D eigenvalue weighted by molar-refractivity contribution is 5.84. The summed E-state index contributed by atoms with van der Waals surface area (Å²) in [7, 11) is 0. The van der Waals surface area contributed by atoms with Crippen LogP contribution in [0.15, 0.2) is 4.99 Å².